The van der Waals surface area contributed by atoms with Gasteiger partial charge in [-0.1, -0.05) is 18.8 Å². The molecule has 0 aromatic heterocycles. The summed E-state index contributed by atoms with van der Waals surface area (Å²) in [5.74, 6) is 3.01. The van der Waals surface area contributed by atoms with Crippen LogP contribution in [0.15, 0.2) is 0 Å². The van der Waals surface area contributed by atoms with Gasteiger partial charge in [0.25, 0.3) is 10.2 Å². The molecule has 18 heavy (non-hydrogen) atoms. The Bertz CT molecular complexity index is 401. The SMILES string of the molecule is C#CCN(CC1CC1)S(=O)(=O)N1CCCCCC1. The van der Waals surface area contributed by atoms with Crippen LogP contribution in [0.2, 0.25) is 0 Å². The molecule has 0 atom stereocenters. The van der Waals surface area contributed by atoms with Gasteiger partial charge in [-0.05, 0) is 31.6 Å². The van der Waals surface area contributed by atoms with Crippen LogP contribution in [0.1, 0.15) is 38.5 Å². The molecule has 2 fully saturated rings. The molecule has 4 nitrogen and oxygen atoms in total. The Labute approximate surface area is 111 Å². The first-order valence-corrected chi connectivity index (χ1v) is 8.23. The van der Waals surface area contributed by atoms with Crippen molar-refractivity contribution >= 4 is 10.2 Å². The van der Waals surface area contributed by atoms with Crippen LogP contribution in [0.4, 0.5) is 0 Å². The van der Waals surface area contributed by atoms with E-state index in [4.69, 9.17) is 6.42 Å². The quantitative estimate of drug-likeness (QED) is 0.710. The molecular formula is C13H22N2O2S. The molecular weight excluding hydrogens is 248 g/mol. The van der Waals surface area contributed by atoms with E-state index in [0.29, 0.717) is 25.6 Å². The smallest absolute Gasteiger partial charge is 0.195 e. The third-order valence-electron chi connectivity index (χ3n) is 3.64. The molecule has 0 bridgehead atoms. The van der Waals surface area contributed by atoms with Gasteiger partial charge >= 0.3 is 0 Å². The largest absolute Gasteiger partial charge is 0.282 e. The van der Waals surface area contributed by atoms with E-state index in [1.807, 2.05) is 0 Å². The molecule has 0 amide bonds. The second-order valence-electron chi connectivity index (χ2n) is 5.26. The van der Waals surface area contributed by atoms with Crippen LogP contribution in [0.5, 0.6) is 0 Å². The first-order chi connectivity index (χ1) is 8.64. The molecule has 0 aromatic carbocycles. The zero-order valence-electron chi connectivity index (χ0n) is 10.8. The van der Waals surface area contributed by atoms with Gasteiger partial charge in [0.05, 0.1) is 6.54 Å². The zero-order chi connectivity index (χ0) is 13.0. The van der Waals surface area contributed by atoms with Crippen molar-refractivity contribution in [3.63, 3.8) is 0 Å². The minimum Gasteiger partial charge on any atom is -0.195 e. The van der Waals surface area contributed by atoms with Gasteiger partial charge in [-0.3, -0.25) is 0 Å². The molecule has 0 spiro atoms. The van der Waals surface area contributed by atoms with Gasteiger partial charge in [0.2, 0.25) is 0 Å². The van der Waals surface area contributed by atoms with Crippen LogP contribution in [0.3, 0.4) is 0 Å². The lowest BCUT2D eigenvalue weighted by Crippen LogP contribution is -2.45. The van der Waals surface area contributed by atoms with Crippen LogP contribution in [0.25, 0.3) is 0 Å². The molecule has 1 heterocycles. The summed E-state index contributed by atoms with van der Waals surface area (Å²) in [7, 11) is -3.34. The topological polar surface area (TPSA) is 40.6 Å². The van der Waals surface area contributed by atoms with Crippen LogP contribution < -0.4 is 0 Å². The van der Waals surface area contributed by atoms with E-state index in [-0.39, 0.29) is 6.54 Å². The molecule has 0 N–H and O–H groups in total. The monoisotopic (exact) mass is 270 g/mol. The fourth-order valence-electron chi connectivity index (χ4n) is 2.37. The van der Waals surface area contributed by atoms with Crippen LogP contribution in [-0.4, -0.2) is 43.2 Å². The summed E-state index contributed by atoms with van der Waals surface area (Å²) in [6.07, 6.45) is 11.8. The Balaban J connectivity index is 2.06. The molecule has 0 unspecified atom stereocenters. The molecule has 1 saturated carbocycles. The van der Waals surface area contributed by atoms with E-state index in [1.165, 1.54) is 4.31 Å². The van der Waals surface area contributed by atoms with Crippen molar-refractivity contribution in [1.82, 2.24) is 8.61 Å². The summed E-state index contributed by atoms with van der Waals surface area (Å²) >= 11 is 0. The lowest BCUT2D eigenvalue weighted by molar-refractivity contribution is 0.349. The molecule has 0 radical (unpaired) electrons. The Kier molecular flexibility index (Phi) is 4.66. The first-order valence-electron chi connectivity index (χ1n) is 6.83. The van der Waals surface area contributed by atoms with Crippen molar-refractivity contribution in [2.24, 2.45) is 5.92 Å². The molecule has 1 aliphatic heterocycles. The van der Waals surface area contributed by atoms with E-state index in [1.54, 1.807) is 4.31 Å². The van der Waals surface area contributed by atoms with Gasteiger partial charge in [-0.25, -0.2) is 0 Å². The molecule has 2 aliphatic rings. The predicted octanol–water partition coefficient (Wildman–Crippen LogP) is 1.45. The lowest BCUT2D eigenvalue weighted by atomic mass is 10.2. The highest BCUT2D eigenvalue weighted by molar-refractivity contribution is 7.86. The van der Waals surface area contributed by atoms with Gasteiger partial charge in [-0.15, -0.1) is 6.42 Å². The molecule has 1 saturated heterocycles. The highest BCUT2D eigenvalue weighted by Gasteiger charge is 2.34. The second kappa shape index (κ2) is 6.05. The van der Waals surface area contributed by atoms with Crippen molar-refractivity contribution < 1.29 is 8.42 Å². The molecule has 102 valence electrons. The summed E-state index contributed by atoms with van der Waals surface area (Å²) in [6.45, 7) is 2.10. The number of rotatable bonds is 5. The summed E-state index contributed by atoms with van der Waals surface area (Å²) in [6, 6.07) is 0. The summed E-state index contributed by atoms with van der Waals surface area (Å²) < 4.78 is 28.2. The number of terminal acetylenes is 1. The zero-order valence-corrected chi connectivity index (χ0v) is 11.7. The number of hydrogen-bond donors (Lipinski definition) is 0. The average molecular weight is 270 g/mol. The van der Waals surface area contributed by atoms with Crippen LogP contribution in [0, 0.1) is 18.3 Å². The second-order valence-corrected chi connectivity index (χ2v) is 7.19. The Hall–Kier alpha value is -0.570. The normalized spacial score (nSPS) is 22.7. The van der Waals surface area contributed by atoms with Gasteiger partial charge in [0.15, 0.2) is 0 Å². The highest BCUT2D eigenvalue weighted by atomic mass is 32.2. The maximum atomic E-state index is 12.5. The van der Waals surface area contributed by atoms with Crippen molar-refractivity contribution in [3.8, 4) is 12.3 Å². The Morgan fingerprint density at radius 3 is 2.28 bits per heavy atom. The van der Waals surface area contributed by atoms with Crippen molar-refractivity contribution in [1.29, 1.82) is 0 Å². The molecule has 1 aliphatic carbocycles. The van der Waals surface area contributed by atoms with Crippen LogP contribution in [-0.2, 0) is 10.2 Å². The van der Waals surface area contributed by atoms with Crippen molar-refractivity contribution in [3.05, 3.63) is 0 Å². The summed E-state index contributed by atoms with van der Waals surface area (Å²) in [5, 5.41) is 0. The van der Waals surface area contributed by atoms with E-state index in [2.05, 4.69) is 5.92 Å². The standard InChI is InChI=1S/C13H22N2O2S/c1-2-9-15(12-13-7-8-13)18(16,17)14-10-5-3-4-6-11-14/h1,13H,3-12H2. The summed E-state index contributed by atoms with van der Waals surface area (Å²) in [4.78, 5) is 0. The van der Waals surface area contributed by atoms with Crippen molar-refractivity contribution in [2.75, 3.05) is 26.2 Å². The van der Waals surface area contributed by atoms with E-state index >= 15 is 0 Å². The van der Waals surface area contributed by atoms with Gasteiger partial charge in [0.1, 0.15) is 0 Å². The maximum Gasteiger partial charge on any atom is 0.282 e. The third-order valence-corrected chi connectivity index (χ3v) is 5.59. The maximum absolute atomic E-state index is 12.5. The van der Waals surface area contributed by atoms with Crippen LogP contribution >= 0.6 is 0 Å². The number of hydrogen-bond acceptors (Lipinski definition) is 2. The molecule has 2 rings (SSSR count). The molecule has 0 aromatic rings. The van der Waals surface area contributed by atoms with Gasteiger partial charge in [-0.2, -0.15) is 17.0 Å². The lowest BCUT2D eigenvalue weighted by Gasteiger charge is -2.27. The minimum atomic E-state index is -3.34. The van der Waals surface area contributed by atoms with E-state index in [9.17, 15) is 8.42 Å². The Morgan fingerprint density at radius 2 is 1.78 bits per heavy atom. The third kappa shape index (κ3) is 3.47. The van der Waals surface area contributed by atoms with Gasteiger partial charge in [0, 0.05) is 19.6 Å². The molecule has 5 heteroatoms. The van der Waals surface area contributed by atoms with Gasteiger partial charge < -0.3 is 0 Å². The van der Waals surface area contributed by atoms with E-state index < -0.39 is 10.2 Å². The van der Waals surface area contributed by atoms with Crippen molar-refractivity contribution in [2.45, 2.75) is 38.5 Å². The fraction of sp³-hybridized carbons (Fsp3) is 0.846. The predicted molar refractivity (Wildman–Crippen MR) is 72.1 cm³/mol. The fourth-order valence-corrected chi connectivity index (χ4v) is 4.05. The average Bonchev–Trinajstić information content (AvgIpc) is 3.15. The van der Waals surface area contributed by atoms with E-state index in [0.717, 1.165) is 38.5 Å². The Morgan fingerprint density at radius 1 is 1.17 bits per heavy atom. The minimum absolute atomic E-state index is 0.204. The highest BCUT2D eigenvalue weighted by Crippen LogP contribution is 2.31. The first kappa shape index (κ1) is 13.9. The summed E-state index contributed by atoms with van der Waals surface area (Å²) in [5.41, 5.74) is 0. The number of nitrogens with zero attached hydrogens (tertiary/aromatic N) is 2.